The number of rotatable bonds is 2. The second kappa shape index (κ2) is 4.26. The number of nitrogens with zero attached hydrogens (tertiary/aromatic N) is 3. The van der Waals surface area contributed by atoms with Crippen molar-refractivity contribution in [2.24, 2.45) is 0 Å². The highest BCUT2D eigenvalue weighted by atomic mass is 79.9. The maximum atomic E-state index is 5.52. The van der Waals surface area contributed by atoms with Crippen LogP contribution in [0.25, 0.3) is 23.0 Å². The number of nitrogens with two attached hydrogens (primary N) is 1. The molecule has 0 radical (unpaired) electrons. The molecule has 0 amide bonds. The molecule has 0 aliphatic carbocycles. The van der Waals surface area contributed by atoms with Crippen LogP contribution in [0.1, 0.15) is 0 Å². The summed E-state index contributed by atoms with van der Waals surface area (Å²) >= 11 is 3.44. The van der Waals surface area contributed by atoms with E-state index in [9.17, 15) is 0 Å². The van der Waals surface area contributed by atoms with Crippen LogP contribution < -0.4 is 5.73 Å². The molecular weight excluding hydrogens is 298 g/mol. The highest BCUT2D eigenvalue weighted by Gasteiger charge is 2.13. The largest absolute Gasteiger partial charge is 0.382 e. The first-order valence-electron chi connectivity index (χ1n) is 5.14. The molecule has 0 aliphatic rings. The van der Waals surface area contributed by atoms with E-state index in [4.69, 9.17) is 10.3 Å². The fourth-order valence-electron chi connectivity index (χ4n) is 1.53. The molecule has 90 valence electrons. The molecule has 3 aromatic rings. The van der Waals surface area contributed by atoms with Crippen LogP contribution in [0.5, 0.6) is 0 Å². The van der Waals surface area contributed by atoms with Gasteiger partial charge in [-0.15, -0.1) is 0 Å². The summed E-state index contributed by atoms with van der Waals surface area (Å²) in [4.78, 5) is 4.29. The molecule has 2 heterocycles. The molecule has 1 aromatic carbocycles. The standard InChI is InChI=1S/C11H8BrN5O/c12-7-4-2-1-3-6(7)10-14-11(18-17-10)8-5-9(13)16-15-8/h1-5H,(H3,13,15,16). The molecule has 6 nitrogen and oxygen atoms in total. The van der Waals surface area contributed by atoms with E-state index >= 15 is 0 Å². The van der Waals surface area contributed by atoms with Gasteiger partial charge in [0.25, 0.3) is 5.89 Å². The van der Waals surface area contributed by atoms with E-state index in [1.165, 1.54) is 0 Å². The first-order chi connectivity index (χ1) is 8.74. The lowest BCUT2D eigenvalue weighted by Gasteiger charge is -1.96. The number of H-pyrrole nitrogens is 1. The highest BCUT2D eigenvalue weighted by molar-refractivity contribution is 9.10. The zero-order valence-electron chi connectivity index (χ0n) is 9.09. The molecule has 0 bridgehead atoms. The lowest BCUT2D eigenvalue weighted by atomic mass is 10.2. The second-order valence-corrected chi connectivity index (χ2v) is 4.46. The quantitative estimate of drug-likeness (QED) is 0.758. The number of hydrogen-bond acceptors (Lipinski definition) is 5. The predicted molar refractivity (Wildman–Crippen MR) is 69.4 cm³/mol. The number of nitrogens with one attached hydrogen (secondary N) is 1. The van der Waals surface area contributed by atoms with Crippen LogP contribution >= 0.6 is 15.9 Å². The maximum absolute atomic E-state index is 5.52. The molecule has 0 atom stereocenters. The zero-order valence-corrected chi connectivity index (χ0v) is 10.7. The lowest BCUT2D eigenvalue weighted by Crippen LogP contribution is -1.82. The van der Waals surface area contributed by atoms with Gasteiger partial charge < -0.3 is 10.3 Å². The Morgan fingerprint density at radius 1 is 1.28 bits per heavy atom. The Morgan fingerprint density at radius 3 is 2.83 bits per heavy atom. The molecule has 0 fully saturated rings. The molecule has 18 heavy (non-hydrogen) atoms. The van der Waals surface area contributed by atoms with Crippen molar-refractivity contribution in [1.82, 2.24) is 20.3 Å². The van der Waals surface area contributed by atoms with Crippen LogP contribution in [0.15, 0.2) is 39.3 Å². The zero-order chi connectivity index (χ0) is 12.5. The molecule has 0 unspecified atom stereocenters. The minimum atomic E-state index is 0.352. The summed E-state index contributed by atoms with van der Waals surface area (Å²) in [6, 6.07) is 9.28. The number of anilines is 1. The lowest BCUT2D eigenvalue weighted by molar-refractivity contribution is 0.431. The third-order valence-electron chi connectivity index (χ3n) is 2.37. The molecule has 3 rings (SSSR count). The summed E-state index contributed by atoms with van der Waals surface area (Å²) in [5.74, 6) is 1.24. The summed E-state index contributed by atoms with van der Waals surface area (Å²) in [5.41, 5.74) is 6.98. The molecule has 0 saturated carbocycles. The van der Waals surface area contributed by atoms with E-state index in [-0.39, 0.29) is 0 Å². The van der Waals surface area contributed by atoms with Gasteiger partial charge in [-0.05, 0) is 12.1 Å². The van der Waals surface area contributed by atoms with E-state index in [0.717, 1.165) is 10.0 Å². The molecule has 0 aliphatic heterocycles. The van der Waals surface area contributed by atoms with Crippen LogP contribution in [-0.2, 0) is 0 Å². The van der Waals surface area contributed by atoms with Crippen LogP contribution in [0.3, 0.4) is 0 Å². The fourth-order valence-corrected chi connectivity index (χ4v) is 1.99. The minimum Gasteiger partial charge on any atom is -0.382 e. The third kappa shape index (κ3) is 1.88. The monoisotopic (exact) mass is 305 g/mol. The molecular formula is C11H8BrN5O. The predicted octanol–water partition coefficient (Wildman–Crippen LogP) is 2.47. The second-order valence-electron chi connectivity index (χ2n) is 3.61. The van der Waals surface area contributed by atoms with Crippen molar-refractivity contribution in [2.45, 2.75) is 0 Å². The van der Waals surface area contributed by atoms with Crippen molar-refractivity contribution >= 4 is 21.7 Å². The molecule has 3 N–H and O–H groups in total. The Morgan fingerprint density at radius 2 is 2.11 bits per heavy atom. The van der Waals surface area contributed by atoms with Crippen molar-refractivity contribution < 1.29 is 4.52 Å². The van der Waals surface area contributed by atoms with Crippen LogP contribution in [0.2, 0.25) is 0 Å². The average Bonchev–Trinajstić information content (AvgIpc) is 2.98. The third-order valence-corrected chi connectivity index (χ3v) is 3.06. The number of halogens is 1. The topological polar surface area (TPSA) is 93.6 Å². The van der Waals surface area contributed by atoms with Gasteiger partial charge in [-0.25, -0.2) is 0 Å². The normalized spacial score (nSPS) is 10.7. The van der Waals surface area contributed by atoms with Gasteiger partial charge in [0.05, 0.1) is 0 Å². The van der Waals surface area contributed by atoms with E-state index in [2.05, 4.69) is 36.3 Å². The Labute approximate surface area is 110 Å². The number of hydrogen-bond donors (Lipinski definition) is 2. The summed E-state index contributed by atoms with van der Waals surface area (Å²) < 4.78 is 6.07. The van der Waals surface area contributed by atoms with Gasteiger partial charge in [0.1, 0.15) is 11.5 Å². The smallest absolute Gasteiger partial charge is 0.276 e. The summed E-state index contributed by atoms with van der Waals surface area (Å²) in [6.07, 6.45) is 0. The first-order valence-corrected chi connectivity index (χ1v) is 5.93. The summed E-state index contributed by atoms with van der Waals surface area (Å²) in [5, 5.41) is 10.5. The first kappa shape index (κ1) is 11.0. The van der Waals surface area contributed by atoms with Gasteiger partial charge in [-0.2, -0.15) is 10.1 Å². The van der Waals surface area contributed by atoms with Crippen molar-refractivity contribution in [2.75, 3.05) is 5.73 Å². The van der Waals surface area contributed by atoms with E-state index in [1.807, 2.05) is 24.3 Å². The summed E-state index contributed by atoms with van der Waals surface area (Å²) in [7, 11) is 0. The SMILES string of the molecule is Nc1cc(-c2nc(-c3ccccc3Br)no2)[nH]n1. The molecule has 7 heteroatoms. The average molecular weight is 306 g/mol. The highest BCUT2D eigenvalue weighted by Crippen LogP contribution is 2.27. The number of aromatic amines is 1. The van der Waals surface area contributed by atoms with Gasteiger partial charge >= 0.3 is 0 Å². The van der Waals surface area contributed by atoms with Crippen molar-refractivity contribution in [3.05, 3.63) is 34.8 Å². The minimum absolute atomic E-state index is 0.352. The molecule has 0 saturated heterocycles. The van der Waals surface area contributed by atoms with Gasteiger partial charge in [-0.3, -0.25) is 5.10 Å². The van der Waals surface area contributed by atoms with Crippen LogP contribution in [0, 0.1) is 0 Å². The summed E-state index contributed by atoms with van der Waals surface area (Å²) in [6.45, 7) is 0. The Kier molecular flexibility index (Phi) is 2.60. The van der Waals surface area contributed by atoms with Crippen LogP contribution in [0.4, 0.5) is 5.82 Å². The molecule has 0 spiro atoms. The number of nitrogen functional groups attached to an aromatic ring is 1. The number of benzene rings is 1. The van der Waals surface area contributed by atoms with Gasteiger partial charge in [0.2, 0.25) is 5.82 Å². The van der Waals surface area contributed by atoms with E-state index < -0.39 is 0 Å². The van der Waals surface area contributed by atoms with E-state index in [0.29, 0.717) is 23.2 Å². The fraction of sp³-hybridized carbons (Fsp3) is 0. The maximum Gasteiger partial charge on any atom is 0.276 e. The van der Waals surface area contributed by atoms with E-state index in [1.54, 1.807) is 6.07 Å². The Bertz CT molecular complexity index is 690. The number of aromatic nitrogens is 4. The van der Waals surface area contributed by atoms with Crippen molar-refractivity contribution in [1.29, 1.82) is 0 Å². The Hall–Kier alpha value is -2.15. The van der Waals surface area contributed by atoms with Crippen LogP contribution in [-0.4, -0.2) is 20.3 Å². The van der Waals surface area contributed by atoms with Crippen molar-refractivity contribution in [3.63, 3.8) is 0 Å². The Balaban J connectivity index is 2.02. The van der Waals surface area contributed by atoms with Gasteiger partial charge in [-0.1, -0.05) is 33.2 Å². The molecule has 2 aromatic heterocycles. The van der Waals surface area contributed by atoms with Gasteiger partial charge in [0, 0.05) is 16.1 Å². The van der Waals surface area contributed by atoms with Gasteiger partial charge in [0.15, 0.2) is 0 Å². The van der Waals surface area contributed by atoms with Crippen molar-refractivity contribution in [3.8, 4) is 23.0 Å².